The van der Waals surface area contributed by atoms with E-state index < -0.39 is 5.97 Å². The molecule has 3 aromatic rings. The van der Waals surface area contributed by atoms with E-state index in [1.54, 1.807) is 31.2 Å². The zero-order valence-corrected chi connectivity index (χ0v) is 13.0. The predicted octanol–water partition coefficient (Wildman–Crippen LogP) is 2.80. The van der Waals surface area contributed by atoms with Crippen LogP contribution in [0.2, 0.25) is 0 Å². The van der Waals surface area contributed by atoms with Crippen molar-refractivity contribution in [2.24, 2.45) is 0 Å². The van der Waals surface area contributed by atoms with Crippen molar-refractivity contribution in [3.05, 3.63) is 77.1 Å². The molecule has 0 saturated heterocycles. The van der Waals surface area contributed by atoms with Crippen LogP contribution in [0.4, 0.5) is 0 Å². The zero-order valence-electron chi connectivity index (χ0n) is 13.0. The highest BCUT2D eigenvalue weighted by molar-refractivity contribution is 5.88. The summed E-state index contributed by atoms with van der Waals surface area (Å²) in [5, 5.41) is 17.2. The van der Waals surface area contributed by atoms with E-state index in [0.29, 0.717) is 11.3 Å². The summed E-state index contributed by atoms with van der Waals surface area (Å²) in [7, 11) is 0. The van der Waals surface area contributed by atoms with Gasteiger partial charge < -0.3 is 4.74 Å². The molecule has 6 nitrogen and oxygen atoms in total. The molecule has 2 aromatic carbocycles. The van der Waals surface area contributed by atoms with E-state index in [4.69, 9.17) is 10.00 Å². The summed E-state index contributed by atoms with van der Waals surface area (Å²) < 4.78 is 5.28. The minimum absolute atomic E-state index is 0.113. The number of nitriles is 1. The number of nitrogens with zero attached hydrogens (tertiary/aromatic N) is 4. The lowest BCUT2D eigenvalue weighted by molar-refractivity contribution is 0.0464. The Balaban J connectivity index is 1.71. The van der Waals surface area contributed by atoms with E-state index in [-0.39, 0.29) is 12.3 Å². The number of esters is 1. The van der Waals surface area contributed by atoms with Gasteiger partial charge in [0.05, 0.1) is 23.0 Å². The van der Waals surface area contributed by atoms with Gasteiger partial charge in [-0.1, -0.05) is 30.3 Å². The number of carbonyl (C=O) groups excluding carboxylic acids is 1. The summed E-state index contributed by atoms with van der Waals surface area (Å²) >= 11 is 0. The first-order chi connectivity index (χ1) is 11.7. The van der Waals surface area contributed by atoms with Crippen LogP contribution in [0.25, 0.3) is 5.69 Å². The molecule has 1 heterocycles. The van der Waals surface area contributed by atoms with Crippen molar-refractivity contribution < 1.29 is 9.53 Å². The van der Waals surface area contributed by atoms with E-state index in [9.17, 15) is 4.79 Å². The van der Waals surface area contributed by atoms with Crippen molar-refractivity contribution in [3.63, 3.8) is 0 Å². The minimum atomic E-state index is -0.529. The quantitative estimate of drug-likeness (QED) is 0.691. The SMILES string of the molecule is Cc1nn(-c2ccccc2)nc1C(=O)OCc1ccc(C#N)cc1. The van der Waals surface area contributed by atoms with Crippen molar-refractivity contribution in [2.45, 2.75) is 13.5 Å². The highest BCUT2D eigenvalue weighted by atomic mass is 16.5. The lowest BCUT2D eigenvalue weighted by Gasteiger charge is -2.03. The molecule has 0 aliphatic heterocycles. The summed E-state index contributed by atoms with van der Waals surface area (Å²) in [6.07, 6.45) is 0. The summed E-state index contributed by atoms with van der Waals surface area (Å²) in [5.41, 5.74) is 2.82. The zero-order chi connectivity index (χ0) is 16.9. The number of hydrogen-bond donors (Lipinski definition) is 0. The van der Waals surface area contributed by atoms with Crippen LogP contribution in [-0.2, 0) is 11.3 Å². The fourth-order valence-electron chi connectivity index (χ4n) is 2.14. The van der Waals surface area contributed by atoms with Gasteiger partial charge >= 0.3 is 5.97 Å². The molecule has 0 radical (unpaired) electrons. The van der Waals surface area contributed by atoms with Gasteiger partial charge in [-0.2, -0.15) is 15.2 Å². The van der Waals surface area contributed by atoms with E-state index in [1.165, 1.54) is 4.80 Å². The molecule has 1 aromatic heterocycles. The summed E-state index contributed by atoms with van der Waals surface area (Å²) in [6, 6.07) is 18.2. The third-order valence-electron chi connectivity index (χ3n) is 3.42. The first-order valence-electron chi connectivity index (χ1n) is 7.33. The van der Waals surface area contributed by atoms with Crippen molar-refractivity contribution in [1.29, 1.82) is 5.26 Å². The Kier molecular flexibility index (Phi) is 4.34. The van der Waals surface area contributed by atoms with E-state index in [2.05, 4.69) is 10.2 Å². The second-order valence-corrected chi connectivity index (χ2v) is 5.14. The molecule has 0 fully saturated rings. The monoisotopic (exact) mass is 318 g/mol. The van der Waals surface area contributed by atoms with E-state index in [0.717, 1.165) is 11.3 Å². The molecule has 24 heavy (non-hydrogen) atoms. The molecule has 6 heteroatoms. The molecule has 0 N–H and O–H groups in total. The maximum absolute atomic E-state index is 12.2. The Morgan fingerprint density at radius 3 is 2.50 bits per heavy atom. The molecule has 0 unspecified atom stereocenters. The van der Waals surface area contributed by atoms with Gasteiger partial charge in [0.2, 0.25) is 0 Å². The fraction of sp³-hybridized carbons (Fsp3) is 0.111. The number of carbonyl (C=O) groups is 1. The van der Waals surface area contributed by atoms with Crippen LogP contribution in [-0.4, -0.2) is 21.0 Å². The number of benzene rings is 2. The predicted molar refractivity (Wildman–Crippen MR) is 86.4 cm³/mol. The highest BCUT2D eigenvalue weighted by Crippen LogP contribution is 2.11. The van der Waals surface area contributed by atoms with Crippen LogP contribution < -0.4 is 0 Å². The van der Waals surface area contributed by atoms with Crippen molar-refractivity contribution in [2.75, 3.05) is 0 Å². The van der Waals surface area contributed by atoms with Gasteiger partial charge in [0, 0.05) is 0 Å². The summed E-state index contributed by atoms with van der Waals surface area (Å²) in [4.78, 5) is 13.6. The van der Waals surface area contributed by atoms with Gasteiger partial charge in [-0.15, -0.1) is 5.10 Å². The molecule has 3 rings (SSSR count). The van der Waals surface area contributed by atoms with E-state index >= 15 is 0 Å². The smallest absolute Gasteiger partial charge is 0.361 e. The van der Waals surface area contributed by atoms with Crippen molar-refractivity contribution in [3.8, 4) is 11.8 Å². The molecule has 0 atom stereocenters. The third kappa shape index (κ3) is 3.31. The second kappa shape index (κ2) is 6.75. The molecule has 0 aliphatic carbocycles. The number of aryl methyl sites for hydroxylation is 1. The normalized spacial score (nSPS) is 10.2. The van der Waals surface area contributed by atoms with Crippen LogP contribution in [0.15, 0.2) is 54.6 Å². The maximum Gasteiger partial charge on any atom is 0.361 e. The molecule has 0 saturated carbocycles. The van der Waals surface area contributed by atoms with Crippen LogP contribution in [0, 0.1) is 18.3 Å². The Labute approximate surface area is 138 Å². The van der Waals surface area contributed by atoms with Gasteiger partial charge in [-0.3, -0.25) is 0 Å². The number of para-hydroxylation sites is 1. The van der Waals surface area contributed by atoms with E-state index in [1.807, 2.05) is 36.4 Å². The topological polar surface area (TPSA) is 80.8 Å². The van der Waals surface area contributed by atoms with Gasteiger partial charge in [-0.25, -0.2) is 4.79 Å². The molecule has 118 valence electrons. The van der Waals surface area contributed by atoms with Crippen molar-refractivity contribution >= 4 is 5.97 Å². The number of rotatable bonds is 4. The number of aromatic nitrogens is 3. The van der Waals surface area contributed by atoms with Crippen LogP contribution in [0.5, 0.6) is 0 Å². The average molecular weight is 318 g/mol. The van der Waals surface area contributed by atoms with Gasteiger partial charge in [0.1, 0.15) is 6.61 Å². The Morgan fingerprint density at radius 2 is 1.83 bits per heavy atom. The Hall–Kier alpha value is -3.46. The molecular formula is C18H14N4O2. The van der Waals surface area contributed by atoms with Crippen LogP contribution >= 0.6 is 0 Å². The number of ether oxygens (including phenoxy) is 1. The molecule has 0 amide bonds. The second-order valence-electron chi connectivity index (χ2n) is 5.14. The summed E-state index contributed by atoms with van der Waals surface area (Å²) in [5.74, 6) is -0.529. The molecule has 0 spiro atoms. The highest BCUT2D eigenvalue weighted by Gasteiger charge is 2.17. The van der Waals surface area contributed by atoms with Gasteiger partial charge in [-0.05, 0) is 36.8 Å². The van der Waals surface area contributed by atoms with Crippen LogP contribution in [0.3, 0.4) is 0 Å². The summed E-state index contributed by atoms with van der Waals surface area (Å²) in [6.45, 7) is 1.83. The molecular weight excluding hydrogens is 304 g/mol. The standard InChI is InChI=1S/C18H14N4O2/c1-13-17(21-22(20-13)16-5-3-2-4-6-16)18(23)24-12-15-9-7-14(11-19)8-10-15/h2-10H,12H2,1H3. The van der Waals surface area contributed by atoms with Gasteiger partial charge in [0.25, 0.3) is 0 Å². The maximum atomic E-state index is 12.2. The van der Waals surface area contributed by atoms with Crippen LogP contribution in [0.1, 0.15) is 27.3 Å². The van der Waals surface area contributed by atoms with Crippen molar-refractivity contribution in [1.82, 2.24) is 15.0 Å². The first kappa shape index (κ1) is 15.4. The number of hydrogen-bond acceptors (Lipinski definition) is 5. The lowest BCUT2D eigenvalue weighted by Crippen LogP contribution is -2.08. The Bertz CT molecular complexity index is 893. The minimum Gasteiger partial charge on any atom is -0.456 e. The fourth-order valence-corrected chi connectivity index (χ4v) is 2.14. The average Bonchev–Trinajstić information content (AvgIpc) is 3.03. The largest absolute Gasteiger partial charge is 0.456 e. The first-order valence-corrected chi connectivity index (χ1v) is 7.33. The molecule has 0 aliphatic rings. The third-order valence-corrected chi connectivity index (χ3v) is 3.42. The Morgan fingerprint density at radius 1 is 1.12 bits per heavy atom. The molecule has 0 bridgehead atoms. The van der Waals surface area contributed by atoms with Gasteiger partial charge in [0.15, 0.2) is 5.69 Å². The lowest BCUT2D eigenvalue weighted by atomic mass is 10.2.